The van der Waals surface area contributed by atoms with E-state index in [0.29, 0.717) is 6.42 Å². The van der Waals surface area contributed by atoms with E-state index in [1.54, 1.807) is 0 Å². The summed E-state index contributed by atoms with van der Waals surface area (Å²) in [5, 5.41) is 3.03. The molecule has 4 nitrogen and oxygen atoms in total. The number of nitrogens with zero attached hydrogens (tertiary/aromatic N) is 1. The van der Waals surface area contributed by atoms with Crippen LogP contribution in [0.2, 0.25) is 0 Å². The van der Waals surface area contributed by atoms with E-state index < -0.39 is 0 Å². The molecule has 21 heavy (non-hydrogen) atoms. The van der Waals surface area contributed by atoms with Crippen molar-refractivity contribution in [1.82, 2.24) is 10.2 Å². The molecule has 116 valence electrons. The minimum absolute atomic E-state index is 0.140. The van der Waals surface area contributed by atoms with Gasteiger partial charge in [0.1, 0.15) is 0 Å². The normalized spacial score (nSPS) is 16.4. The summed E-state index contributed by atoms with van der Waals surface area (Å²) in [5.74, 6) is 0.140. The summed E-state index contributed by atoms with van der Waals surface area (Å²) in [6.07, 6.45) is 6.62. The van der Waals surface area contributed by atoms with Gasteiger partial charge in [-0.1, -0.05) is 25.0 Å². The molecule has 0 spiro atoms. The van der Waals surface area contributed by atoms with Crippen LogP contribution in [-0.4, -0.2) is 37.0 Å². The van der Waals surface area contributed by atoms with E-state index in [2.05, 4.69) is 10.2 Å². The average molecular weight is 289 g/mol. The number of nitrogen functional groups attached to an aromatic ring is 1. The van der Waals surface area contributed by atoms with Gasteiger partial charge < -0.3 is 16.0 Å². The van der Waals surface area contributed by atoms with Crippen molar-refractivity contribution in [2.24, 2.45) is 0 Å². The predicted molar refractivity (Wildman–Crippen MR) is 87.1 cm³/mol. The number of likely N-dealkylation sites (tertiary alicyclic amines) is 1. The number of hydrogen-bond donors (Lipinski definition) is 2. The van der Waals surface area contributed by atoms with Crippen molar-refractivity contribution in [2.45, 2.75) is 38.5 Å². The topological polar surface area (TPSA) is 58.4 Å². The van der Waals surface area contributed by atoms with Crippen molar-refractivity contribution in [2.75, 3.05) is 31.9 Å². The van der Waals surface area contributed by atoms with Crippen molar-refractivity contribution in [3.05, 3.63) is 29.8 Å². The summed E-state index contributed by atoms with van der Waals surface area (Å²) in [4.78, 5) is 14.3. The lowest BCUT2D eigenvalue weighted by molar-refractivity contribution is -0.121. The molecule has 1 fully saturated rings. The van der Waals surface area contributed by atoms with Crippen molar-refractivity contribution in [3.63, 3.8) is 0 Å². The summed E-state index contributed by atoms with van der Waals surface area (Å²) < 4.78 is 0. The molecule has 1 aliphatic heterocycles. The van der Waals surface area contributed by atoms with E-state index in [4.69, 9.17) is 5.73 Å². The zero-order valence-electron chi connectivity index (χ0n) is 12.8. The van der Waals surface area contributed by atoms with Gasteiger partial charge in [-0.3, -0.25) is 4.79 Å². The van der Waals surface area contributed by atoms with E-state index in [9.17, 15) is 4.79 Å². The minimum Gasteiger partial charge on any atom is -0.399 e. The molecule has 0 bridgehead atoms. The average Bonchev–Trinajstić information content (AvgIpc) is 2.75. The number of anilines is 1. The second-order valence-corrected chi connectivity index (χ2v) is 5.85. The summed E-state index contributed by atoms with van der Waals surface area (Å²) in [5.41, 5.74) is 7.57. The molecule has 0 unspecified atom stereocenters. The molecule has 0 saturated carbocycles. The highest BCUT2D eigenvalue weighted by molar-refractivity contribution is 5.76. The lowest BCUT2D eigenvalue weighted by Gasteiger charge is -2.19. The van der Waals surface area contributed by atoms with E-state index in [0.717, 1.165) is 30.8 Å². The van der Waals surface area contributed by atoms with Crippen LogP contribution in [0.3, 0.4) is 0 Å². The summed E-state index contributed by atoms with van der Waals surface area (Å²) >= 11 is 0. The van der Waals surface area contributed by atoms with Crippen molar-refractivity contribution >= 4 is 11.6 Å². The van der Waals surface area contributed by atoms with Crippen LogP contribution in [0.15, 0.2) is 24.3 Å². The van der Waals surface area contributed by atoms with E-state index in [-0.39, 0.29) is 5.91 Å². The Bertz CT molecular complexity index is 422. The van der Waals surface area contributed by atoms with Gasteiger partial charge in [0.25, 0.3) is 0 Å². The maximum atomic E-state index is 11.8. The van der Waals surface area contributed by atoms with Gasteiger partial charge in [0.05, 0.1) is 0 Å². The van der Waals surface area contributed by atoms with Gasteiger partial charge in [0, 0.05) is 25.2 Å². The molecule has 0 atom stereocenters. The Morgan fingerprint density at radius 1 is 1.10 bits per heavy atom. The van der Waals surface area contributed by atoms with Crippen LogP contribution in [0.1, 0.15) is 37.7 Å². The van der Waals surface area contributed by atoms with E-state index in [1.165, 1.54) is 38.8 Å². The number of hydrogen-bond acceptors (Lipinski definition) is 3. The Morgan fingerprint density at radius 2 is 1.76 bits per heavy atom. The quantitative estimate of drug-likeness (QED) is 0.789. The first kappa shape index (κ1) is 15.8. The monoisotopic (exact) mass is 289 g/mol. The number of benzene rings is 1. The molecule has 1 saturated heterocycles. The third kappa shape index (κ3) is 6.17. The molecule has 1 heterocycles. The maximum Gasteiger partial charge on any atom is 0.220 e. The van der Waals surface area contributed by atoms with Crippen molar-refractivity contribution < 1.29 is 4.79 Å². The highest BCUT2D eigenvalue weighted by Crippen LogP contribution is 2.09. The van der Waals surface area contributed by atoms with Crippen LogP contribution >= 0.6 is 0 Å². The van der Waals surface area contributed by atoms with Gasteiger partial charge in [-0.25, -0.2) is 0 Å². The zero-order valence-corrected chi connectivity index (χ0v) is 12.8. The Morgan fingerprint density at radius 3 is 2.43 bits per heavy atom. The van der Waals surface area contributed by atoms with Gasteiger partial charge in [-0.15, -0.1) is 0 Å². The first-order chi connectivity index (χ1) is 10.2. The summed E-state index contributed by atoms with van der Waals surface area (Å²) in [6.45, 7) is 4.11. The van der Waals surface area contributed by atoms with Gasteiger partial charge in [0.15, 0.2) is 0 Å². The second-order valence-electron chi connectivity index (χ2n) is 5.85. The number of aryl methyl sites for hydroxylation is 1. The fourth-order valence-electron chi connectivity index (χ4n) is 2.74. The Labute approximate surface area is 127 Å². The van der Waals surface area contributed by atoms with Gasteiger partial charge >= 0.3 is 0 Å². The number of carbonyl (C=O) groups is 1. The molecule has 0 aromatic heterocycles. The predicted octanol–water partition coefficient (Wildman–Crippen LogP) is 2.19. The van der Waals surface area contributed by atoms with Crippen LogP contribution in [0, 0.1) is 0 Å². The smallest absolute Gasteiger partial charge is 0.220 e. The number of nitrogens with one attached hydrogen (secondary N) is 1. The molecule has 1 aliphatic rings. The third-order valence-corrected chi connectivity index (χ3v) is 4.07. The highest BCUT2D eigenvalue weighted by atomic mass is 16.1. The maximum absolute atomic E-state index is 11.8. The van der Waals surface area contributed by atoms with Gasteiger partial charge in [0.2, 0.25) is 5.91 Å². The van der Waals surface area contributed by atoms with Crippen molar-refractivity contribution in [1.29, 1.82) is 0 Å². The SMILES string of the molecule is Nc1ccc(CCC(=O)NCCN2CCCCCC2)cc1. The van der Waals surface area contributed by atoms with Crippen LogP contribution in [-0.2, 0) is 11.2 Å². The number of nitrogens with two attached hydrogens (primary N) is 1. The lowest BCUT2D eigenvalue weighted by atomic mass is 10.1. The number of carbonyl (C=O) groups excluding carboxylic acids is 1. The first-order valence-electron chi connectivity index (χ1n) is 8.07. The summed E-state index contributed by atoms with van der Waals surface area (Å²) in [6, 6.07) is 7.73. The Kier molecular flexibility index (Phi) is 6.54. The minimum atomic E-state index is 0.140. The molecule has 0 radical (unpaired) electrons. The molecule has 1 aromatic carbocycles. The number of rotatable bonds is 6. The molecule has 0 aliphatic carbocycles. The van der Waals surface area contributed by atoms with E-state index >= 15 is 0 Å². The molecule has 4 heteroatoms. The Hall–Kier alpha value is -1.55. The van der Waals surface area contributed by atoms with Crippen LogP contribution in [0.25, 0.3) is 0 Å². The lowest BCUT2D eigenvalue weighted by Crippen LogP contribution is -2.35. The fourth-order valence-corrected chi connectivity index (χ4v) is 2.74. The van der Waals surface area contributed by atoms with Crippen LogP contribution < -0.4 is 11.1 Å². The third-order valence-electron chi connectivity index (χ3n) is 4.07. The molecule has 1 aromatic rings. The Balaban J connectivity index is 1.59. The first-order valence-corrected chi connectivity index (χ1v) is 8.07. The van der Waals surface area contributed by atoms with Gasteiger partial charge in [-0.05, 0) is 50.0 Å². The largest absolute Gasteiger partial charge is 0.399 e. The molecule has 3 N–H and O–H groups in total. The molecule has 1 amide bonds. The van der Waals surface area contributed by atoms with Crippen LogP contribution in [0.5, 0.6) is 0 Å². The fraction of sp³-hybridized carbons (Fsp3) is 0.588. The second kappa shape index (κ2) is 8.67. The number of amides is 1. The highest BCUT2D eigenvalue weighted by Gasteiger charge is 2.09. The molecular formula is C17H27N3O. The standard InChI is InChI=1S/C17H27N3O/c18-16-8-5-15(6-9-16)7-10-17(21)19-11-14-20-12-3-1-2-4-13-20/h5-6,8-9H,1-4,7,10-14,18H2,(H,19,21). The summed E-state index contributed by atoms with van der Waals surface area (Å²) in [7, 11) is 0. The molecule has 2 rings (SSSR count). The molecular weight excluding hydrogens is 262 g/mol. The van der Waals surface area contributed by atoms with Crippen LogP contribution in [0.4, 0.5) is 5.69 Å². The zero-order chi connectivity index (χ0) is 14.9. The van der Waals surface area contributed by atoms with E-state index in [1.807, 2.05) is 24.3 Å². The van der Waals surface area contributed by atoms with Crippen molar-refractivity contribution in [3.8, 4) is 0 Å². The van der Waals surface area contributed by atoms with Gasteiger partial charge in [-0.2, -0.15) is 0 Å².